The molecule has 1 aromatic carbocycles. The van der Waals surface area contributed by atoms with E-state index < -0.39 is 0 Å². The van der Waals surface area contributed by atoms with Gasteiger partial charge >= 0.3 is 0 Å². The number of nitrogens with zero attached hydrogens (tertiary/aromatic N) is 2. The number of hydrogen-bond acceptors (Lipinski definition) is 4. The molecule has 0 atom stereocenters. The number of amides is 1. The molecule has 1 amide bonds. The number of pyridine rings is 2. The molecule has 21 heavy (non-hydrogen) atoms. The Labute approximate surface area is 121 Å². The van der Waals surface area contributed by atoms with Gasteiger partial charge in [0, 0.05) is 18.1 Å². The Bertz CT molecular complexity index is 788. The van der Waals surface area contributed by atoms with E-state index in [1.165, 1.54) is 6.20 Å². The molecule has 104 valence electrons. The molecule has 0 bridgehead atoms. The summed E-state index contributed by atoms with van der Waals surface area (Å²) in [6.45, 7) is 0.432. The zero-order valence-electron chi connectivity index (χ0n) is 11.2. The van der Waals surface area contributed by atoms with Crippen LogP contribution in [0.3, 0.4) is 0 Å². The van der Waals surface area contributed by atoms with Crippen LogP contribution < -0.4 is 5.32 Å². The van der Waals surface area contributed by atoms with E-state index in [2.05, 4.69) is 15.3 Å². The predicted octanol–water partition coefficient (Wildman–Crippen LogP) is 2.27. The van der Waals surface area contributed by atoms with Crippen LogP contribution in [-0.4, -0.2) is 21.0 Å². The van der Waals surface area contributed by atoms with Crippen molar-refractivity contribution < 1.29 is 9.90 Å². The average Bonchev–Trinajstić information content (AvgIpc) is 2.54. The van der Waals surface area contributed by atoms with Crippen LogP contribution in [0.15, 0.2) is 54.9 Å². The molecule has 5 heteroatoms. The second-order valence-corrected chi connectivity index (χ2v) is 4.60. The summed E-state index contributed by atoms with van der Waals surface area (Å²) in [6, 6.07) is 13.0. The number of aromatic hydroxyl groups is 1. The van der Waals surface area contributed by atoms with Crippen LogP contribution in [0.1, 0.15) is 16.1 Å². The maximum Gasteiger partial charge on any atom is 0.270 e. The minimum atomic E-state index is -0.281. The molecule has 3 aromatic rings. The lowest BCUT2D eigenvalue weighted by Crippen LogP contribution is -2.23. The Kier molecular flexibility index (Phi) is 3.47. The SMILES string of the molecule is O=C(NCc1ccccc1)c1ccc2cncc(O)c2n1. The number of carbonyl (C=O) groups excluding carboxylic acids is 1. The van der Waals surface area contributed by atoms with Gasteiger partial charge in [0.05, 0.1) is 6.20 Å². The van der Waals surface area contributed by atoms with E-state index in [9.17, 15) is 9.90 Å². The lowest BCUT2D eigenvalue weighted by atomic mass is 10.2. The first kappa shape index (κ1) is 13.1. The molecule has 0 aliphatic carbocycles. The molecular formula is C16H13N3O2. The van der Waals surface area contributed by atoms with Crippen molar-refractivity contribution >= 4 is 16.8 Å². The summed E-state index contributed by atoms with van der Waals surface area (Å²) in [6.07, 6.45) is 2.90. The molecule has 0 radical (unpaired) electrons. The molecule has 0 saturated carbocycles. The molecule has 2 heterocycles. The number of rotatable bonds is 3. The number of nitrogens with one attached hydrogen (secondary N) is 1. The monoisotopic (exact) mass is 279 g/mol. The highest BCUT2D eigenvalue weighted by Crippen LogP contribution is 2.20. The average molecular weight is 279 g/mol. The van der Waals surface area contributed by atoms with Gasteiger partial charge in [-0.2, -0.15) is 0 Å². The highest BCUT2D eigenvalue weighted by molar-refractivity contribution is 5.95. The fourth-order valence-electron chi connectivity index (χ4n) is 2.02. The maximum atomic E-state index is 12.1. The molecule has 0 aliphatic heterocycles. The van der Waals surface area contributed by atoms with Crippen LogP contribution in [0, 0.1) is 0 Å². The van der Waals surface area contributed by atoms with Crippen molar-refractivity contribution in [2.24, 2.45) is 0 Å². The lowest BCUT2D eigenvalue weighted by molar-refractivity contribution is 0.0946. The third kappa shape index (κ3) is 2.81. The second-order valence-electron chi connectivity index (χ2n) is 4.60. The van der Waals surface area contributed by atoms with Crippen molar-refractivity contribution in [2.75, 3.05) is 0 Å². The Morgan fingerprint density at radius 3 is 2.71 bits per heavy atom. The van der Waals surface area contributed by atoms with Crippen LogP contribution in [0.2, 0.25) is 0 Å². The Morgan fingerprint density at radius 2 is 1.90 bits per heavy atom. The first-order chi connectivity index (χ1) is 10.2. The van der Waals surface area contributed by atoms with Gasteiger partial charge in [-0.3, -0.25) is 9.78 Å². The summed E-state index contributed by atoms with van der Waals surface area (Å²) in [4.78, 5) is 20.2. The quantitative estimate of drug-likeness (QED) is 0.771. The van der Waals surface area contributed by atoms with Gasteiger partial charge in [-0.15, -0.1) is 0 Å². The van der Waals surface area contributed by atoms with E-state index in [0.717, 1.165) is 5.56 Å². The van der Waals surface area contributed by atoms with E-state index in [0.29, 0.717) is 17.4 Å². The van der Waals surface area contributed by atoms with E-state index in [1.807, 2.05) is 30.3 Å². The minimum absolute atomic E-state index is 0.0368. The van der Waals surface area contributed by atoms with E-state index in [-0.39, 0.29) is 17.4 Å². The first-order valence-corrected chi connectivity index (χ1v) is 6.50. The lowest BCUT2D eigenvalue weighted by Gasteiger charge is -2.06. The molecule has 5 nitrogen and oxygen atoms in total. The zero-order chi connectivity index (χ0) is 14.7. The summed E-state index contributed by atoms with van der Waals surface area (Å²) in [5.74, 6) is -0.317. The molecule has 0 unspecified atom stereocenters. The minimum Gasteiger partial charge on any atom is -0.504 e. The molecule has 0 spiro atoms. The maximum absolute atomic E-state index is 12.1. The first-order valence-electron chi connectivity index (χ1n) is 6.50. The van der Waals surface area contributed by atoms with Gasteiger partial charge < -0.3 is 10.4 Å². The number of carbonyl (C=O) groups is 1. The number of fused-ring (bicyclic) bond motifs is 1. The van der Waals surface area contributed by atoms with Crippen LogP contribution in [-0.2, 0) is 6.54 Å². The second kappa shape index (κ2) is 5.58. The molecule has 0 saturated heterocycles. The number of hydrogen-bond donors (Lipinski definition) is 2. The zero-order valence-corrected chi connectivity index (χ0v) is 11.2. The van der Waals surface area contributed by atoms with Crippen molar-refractivity contribution in [1.82, 2.24) is 15.3 Å². The normalized spacial score (nSPS) is 10.5. The summed E-state index contributed by atoms with van der Waals surface area (Å²) in [5.41, 5.74) is 1.65. The van der Waals surface area contributed by atoms with Crippen molar-refractivity contribution in [1.29, 1.82) is 0 Å². The highest BCUT2D eigenvalue weighted by atomic mass is 16.3. The summed E-state index contributed by atoms with van der Waals surface area (Å²) < 4.78 is 0. The van der Waals surface area contributed by atoms with Crippen molar-refractivity contribution in [3.05, 3.63) is 66.1 Å². The smallest absolute Gasteiger partial charge is 0.270 e. The van der Waals surface area contributed by atoms with E-state index in [4.69, 9.17) is 0 Å². The summed E-state index contributed by atoms with van der Waals surface area (Å²) in [7, 11) is 0. The highest BCUT2D eigenvalue weighted by Gasteiger charge is 2.09. The largest absolute Gasteiger partial charge is 0.504 e. The molecule has 0 fully saturated rings. The topological polar surface area (TPSA) is 75.1 Å². The summed E-state index contributed by atoms with van der Waals surface area (Å²) >= 11 is 0. The van der Waals surface area contributed by atoms with Gasteiger partial charge in [-0.25, -0.2) is 4.98 Å². The summed E-state index contributed by atoms with van der Waals surface area (Å²) in [5, 5.41) is 13.2. The van der Waals surface area contributed by atoms with Gasteiger partial charge in [0.15, 0.2) is 5.75 Å². The van der Waals surface area contributed by atoms with Crippen LogP contribution in [0.5, 0.6) is 5.75 Å². The molecule has 2 N–H and O–H groups in total. The van der Waals surface area contributed by atoms with Crippen molar-refractivity contribution in [3.63, 3.8) is 0 Å². The van der Waals surface area contributed by atoms with E-state index in [1.54, 1.807) is 18.3 Å². The fourth-order valence-corrected chi connectivity index (χ4v) is 2.02. The number of benzene rings is 1. The van der Waals surface area contributed by atoms with Gasteiger partial charge in [-0.05, 0) is 17.7 Å². The Balaban J connectivity index is 1.80. The van der Waals surface area contributed by atoms with Gasteiger partial charge in [0.25, 0.3) is 5.91 Å². The van der Waals surface area contributed by atoms with Gasteiger partial charge in [0.2, 0.25) is 0 Å². The third-order valence-electron chi connectivity index (χ3n) is 3.11. The van der Waals surface area contributed by atoms with Crippen LogP contribution >= 0.6 is 0 Å². The standard InChI is InChI=1S/C16H13N3O2/c20-14-10-17-9-12-6-7-13(19-15(12)14)16(21)18-8-11-4-2-1-3-5-11/h1-7,9-10,20H,8H2,(H,18,21). The molecular weight excluding hydrogens is 266 g/mol. The van der Waals surface area contributed by atoms with Gasteiger partial charge in [0.1, 0.15) is 11.2 Å². The fraction of sp³-hybridized carbons (Fsp3) is 0.0625. The molecule has 3 rings (SSSR count). The van der Waals surface area contributed by atoms with Crippen LogP contribution in [0.25, 0.3) is 10.9 Å². The Hall–Kier alpha value is -2.95. The van der Waals surface area contributed by atoms with Gasteiger partial charge in [-0.1, -0.05) is 30.3 Å². The van der Waals surface area contributed by atoms with Crippen LogP contribution in [0.4, 0.5) is 0 Å². The molecule has 2 aromatic heterocycles. The number of aromatic nitrogens is 2. The van der Waals surface area contributed by atoms with Crippen molar-refractivity contribution in [3.8, 4) is 5.75 Å². The Morgan fingerprint density at radius 1 is 1.10 bits per heavy atom. The molecule has 0 aliphatic rings. The van der Waals surface area contributed by atoms with E-state index >= 15 is 0 Å². The predicted molar refractivity (Wildman–Crippen MR) is 78.8 cm³/mol. The van der Waals surface area contributed by atoms with Crippen molar-refractivity contribution in [2.45, 2.75) is 6.54 Å². The third-order valence-corrected chi connectivity index (χ3v) is 3.11.